The third-order valence-electron chi connectivity index (χ3n) is 3.51. The van der Waals surface area contributed by atoms with Gasteiger partial charge in [0.15, 0.2) is 0 Å². The van der Waals surface area contributed by atoms with Gasteiger partial charge >= 0.3 is 0 Å². The SMILES string of the molecule is CN(CCOCC1CC1)CC(O)COc1ccc(N)cc1. The van der Waals surface area contributed by atoms with Crippen LogP contribution in [0, 0.1) is 5.92 Å². The molecule has 0 bridgehead atoms. The summed E-state index contributed by atoms with van der Waals surface area (Å²) in [6, 6.07) is 7.17. The molecule has 21 heavy (non-hydrogen) atoms. The molecule has 1 atom stereocenters. The summed E-state index contributed by atoms with van der Waals surface area (Å²) in [4.78, 5) is 2.06. The lowest BCUT2D eigenvalue weighted by molar-refractivity contribution is 0.0573. The summed E-state index contributed by atoms with van der Waals surface area (Å²) in [5.74, 6) is 1.52. The molecule has 0 saturated heterocycles. The first-order chi connectivity index (χ1) is 10.1. The number of aliphatic hydroxyl groups excluding tert-OH is 1. The highest BCUT2D eigenvalue weighted by atomic mass is 16.5. The molecule has 1 fully saturated rings. The smallest absolute Gasteiger partial charge is 0.119 e. The molecular formula is C16H26N2O3. The van der Waals surface area contributed by atoms with Crippen LogP contribution in [0.2, 0.25) is 0 Å². The molecule has 0 spiro atoms. The van der Waals surface area contributed by atoms with E-state index in [4.69, 9.17) is 15.2 Å². The Morgan fingerprint density at radius 2 is 2.05 bits per heavy atom. The van der Waals surface area contributed by atoms with Crippen LogP contribution in [0.15, 0.2) is 24.3 Å². The highest BCUT2D eigenvalue weighted by Crippen LogP contribution is 2.28. The predicted octanol–water partition coefficient (Wildman–Crippen LogP) is 1.37. The van der Waals surface area contributed by atoms with E-state index in [-0.39, 0.29) is 6.61 Å². The Kier molecular flexibility index (Phi) is 6.29. The van der Waals surface area contributed by atoms with E-state index >= 15 is 0 Å². The van der Waals surface area contributed by atoms with Crippen molar-refractivity contribution in [3.63, 3.8) is 0 Å². The summed E-state index contributed by atoms with van der Waals surface area (Å²) in [5.41, 5.74) is 6.31. The van der Waals surface area contributed by atoms with Crippen molar-refractivity contribution in [3.05, 3.63) is 24.3 Å². The molecule has 1 unspecified atom stereocenters. The average Bonchev–Trinajstić information content (AvgIpc) is 3.27. The Hall–Kier alpha value is -1.30. The molecule has 0 amide bonds. The van der Waals surface area contributed by atoms with Crippen molar-refractivity contribution in [1.82, 2.24) is 4.90 Å². The minimum absolute atomic E-state index is 0.275. The highest BCUT2D eigenvalue weighted by Gasteiger charge is 2.21. The Bertz CT molecular complexity index is 406. The molecule has 5 nitrogen and oxygen atoms in total. The number of anilines is 1. The normalized spacial score (nSPS) is 16.1. The minimum Gasteiger partial charge on any atom is -0.491 e. The van der Waals surface area contributed by atoms with E-state index in [2.05, 4.69) is 4.90 Å². The van der Waals surface area contributed by atoms with Crippen LogP contribution < -0.4 is 10.5 Å². The summed E-state index contributed by atoms with van der Waals surface area (Å²) in [6.45, 7) is 3.28. The van der Waals surface area contributed by atoms with Crippen LogP contribution in [0.4, 0.5) is 5.69 Å². The second-order valence-corrected chi connectivity index (χ2v) is 5.81. The molecule has 0 heterocycles. The Balaban J connectivity index is 1.54. The van der Waals surface area contributed by atoms with Crippen molar-refractivity contribution in [3.8, 4) is 5.75 Å². The fourth-order valence-electron chi connectivity index (χ4n) is 2.02. The van der Waals surface area contributed by atoms with Gasteiger partial charge in [-0.15, -0.1) is 0 Å². The maximum atomic E-state index is 9.96. The van der Waals surface area contributed by atoms with Gasteiger partial charge in [-0.3, -0.25) is 0 Å². The first kappa shape index (κ1) is 16.1. The van der Waals surface area contributed by atoms with Crippen LogP contribution in [0.3, 0.4) is 0 Å². The van der Waals surface area contributed by atoms with Crippen LogP contribution in [0.5, 0.6) is 5.75 Å². The molecule has 0 aromatic heterocycles. The van der Waals surface area contributed by atoms with Gasteiger partial charge in [-0.1, -0.05) is 0 Å². The van der Waals surface area contributed by atoms with Crippen molar-refractivity contribution in [2.24, 2.45) is 5.92 Å². The quantitative estimate of drug-likeness (QED) is 0.504. The third kappa shape index (κ3) is 6.80. The van der Waals surface area contributed by atoms with E-state index in [1.54, 1.807) is 24.3 Å². The number of hydrogen-bond donors (Lipinski definition) is 2. The molecular weight excluding hydrogens is 268 g/mol. The summed E-state index contributed by atoms with van der Waals surface area (Å²) < 4.78 is 11.1. The molecule has 1 aliphatic rings. The first-order valence-electron chi connectivity index (χ1n) is 7.56. The van der Waals surface area contributed by atoms with Crippen molar-refractivity contribution in [2.75, 3.05) is 45.7 Å². The zero-order valence-electron chi connectivity index (χ0n) is 12.7. The Morgan fingerprint density at radius 1 is 1.33 bits per heavy atom. The Morgan fingerprint density at radius 3 is 2.71 bits per heavy atom. The molecule has 2 rings (SSSR count). The standard InChI is InChI=1S/C16H26N2O3/c1-18(8-9-20-11-13-2-3-13)10-15(19)12-21-16-6-4-14(17)5-7-16/h4-7,13,15,19H,2-3,8-12,17H2,1H3. The van der Waals surface area contributed by atoms with Gasteiger partial charge in [-0.25, -0.2) is 0 Å². The average molecular weight is 294 g/mol. The number of likely N-dealkylation sites (N-methyl/N-ethyl adjacent to an activating group) is 1. The van der Waals surface area contributed by atoms with Gasteiger partial charge in [0, 0.05) is 25.4 Å². The first-order valence-corrected chi connectivity index (χ1v) is 7.56. The number of ether oxygens (including phenoxy) is 2. The minimum atomic E-state index is -0.518. The van der Waals surface area contributed by atoms with Gasteiger partial charge in [-0.05, 0) is 50.1 Å². The number of benzene rings is 1. The zero-order chi connectivity index (χ0) is 15.1. The fraction of sp³-hybridized carbons (Fsp3) is 0.625. The largest absolute Gasteiger partial charge is 0.491 e. The number of aliphatic hydroxyl groups is 1. The summed E-state index contributed by atoms with van der Waals surface area (Å²) in [7, 11) is 1.98. The number of nitrogens with two attached hydrogens (primary N) is 1. The van der Waals surface area contributed by atoms with Gasteiger partial charge in [0.25, 0.3) is 0 Å². The lowest BCUT2D eigenvalue weighted by Gasteiger charge is -2.20. The highest BCUT2D eigenvalue weighted by molar-refractivity contribution is 5.41. The van der Waals surface area contributed by atoms with Gasteiger partial charge < -0.3 is 25.2 Å². The van der Waals surface area contributed by atoms with E-state index in [0.29, 0.717) is 12.2 Å². The number of nitrogens with zero attached hydrogens (tertiary/aromatic N) is 1. The van der Waals surface area contributed by atoms with Crippen LogP contribution in [0.25, 0.3) is 0 Å². The maximum absolute atomic E-state index is 9.96. The lowest BCUT2D eigenvalue weighted by Crippen LogP contribution is -2.35. The maximum Gasteiger partial charge on any atom is 0.119 e. The van der Waals surface area contributed by atoms with E-state index in [1.165, 1.54) is 12.8 Å². The van der Waals surface area contributed by atoms with E-state index in [0.717, 1.165) is 31.4 Å². The lowest BCUT2D eigenvalue weighted by atomic mass is 10.3. The number of rotatable bonds is 10. The zero-order valence-corrected chi connectivity index (χ0v) is 12.7. The van der Waals surface area contributed by atoms with E-state index < -0.39 is 6.10 Å². The molecule has 1 aromatic carbocycles. The van der Waals surface area contributed by atoms with Gasteiger partial charge in [0.1, 0.15) is 18.5 Å². The van der Waals surface area contributed by atoms with Crippen LogP contribution >= 0.6 is 0 Å². The van der Waals surface area contributed by atoms with E-state index in [1.807, 2.05) is 7.05 Å². The van der Waals surface area contributed by atoms with Crippen molar-refractivity contribution in [1.29, 1.82) is 0 Å². The molecule has 3 N–H and O–H groups in total. The molecule has 0 aliphatic heterocycles. The summed E-state index contributed by atoms with van der Waals surface area (Å²) in [6.07, 6.45) is 2.12. The summed E-state index contributed by atoms with van der Waals surface area (Å²) >= 11 is 0. The topological polar surface area (TPSA) is 68.0 Å². The van der Waals surface area contributed by atoms with Crippen LogP contribution in [-0.2, 0) is 4.74 Å². The number of nitrogen functional groups attached to an aromatic ring is 1. The number of hydrogen-bond acceptors (Lipinski definition) is 5. The molecule has 118 valence electrons. The second-order valence-electron chi connectivity index (χ2n) is 5.81. The third-order valence-corrected chi connectivity index (χ3v) is 3.51. The Labute approximate surface area is 126 Å². The molecule has 5 heteroatoms. The van der Waals surface area contributed by atoms with Crippen molar-refractivity contribution < 1.29 is 14.6 Å². The molecule has 1 aromatic rings. The van der Waals surface area contributed by atoms with Gasteiger partial charge in [0.05, 0.1) is 6.61 Å². The van der Waals surface area contributed by atoms with E-state index in [9.17, 15) is 5.11 Å². The molecule has 1 aliphatic carbocycles. The second kappa shape index (κ2) is 8.22. The monoisotopic (exact) mass is 294 g/mol. The molecule has 1 saturated carbocycles. The van der Waals surface area contributed by atoms with Crippen molar-refractivity contribution in [2.45, 2.75) is 18.9 Å². The van der Waals surface area contributed by atoms with Crippen LogP contribution in [0.1, 0.15) is 12.8 Å². The van der Waals surface area contributed by atoms with Crippen molar-refractivity contribution >= 4 is 5.69 Å². The molecule has 0 radical (unpaired) electrons. The fourth-order valence-corrected chi connectivity index (χ4v) is 2.02. The van der Waals surface area contributed by atoms with Gasteiger partial charge in [-0.2, -0.15) is 0 Å². The predicted molar refractivity (Wildman–Crippen MR) is 83.4 cm³/mol. The summed E-state index contributed by atoms with van der Waals surface area (Å²) in [5, 5.41) is 9.96. The van der Waals surface area contributed by atoms with Crippen LogP contribution in [-0.4, -0.2) is 56.1 Å². The van der Waals surface area contributed by atoms with Gasteiger partial charge in [0.2, 0.25) is 0 Å².